The van der Waals surface area contributed by atoms with Gasteiger partial charge in [0.2, 0.25) is 0 Å². The predicted octanol–water partition coefficient (Wildman–Crippen LogP) is 0.437. The summed E-state index contributed by atoms with van der Waals surface area (Å²) in [4.78, 5) is 23.4. The number of nitrogens with zero attached hydrogens (tertiary/aromatic N) is 2. The number of aromatic nitrogens is 1. The highest BCUT2D eigenvalue weighted by molar-refractivity contribution is 5.93. The van der Waals surface area contributed by atoms with E-state index in [0.717, 1.165) is 0 Å². The Labute approximate surface area is 97.9 Å². The lowest BCUT2D eigenvalue weighted by molar-refractivity contribution is -0.136. The standard InChI is InChI=1S/C10H14N2O5/c1-7-5-8(11-17-7)12(4-3-10(14)15)9(13)6-16-2/h5H,3-4,6H2,1-2H3,(H,14,15). The van der Waals surface area contributed by atoms with Crippen LogP contribution in [-0.2, 0) is 14.3 Å². The molecule has 1 rings (SSSR count). The molecule has 1 aromatic rings. The number of carbonyl (C=O) groups is 2. The minimum atomic E-state index is -0.986. The van der Waals surface area contributed by atoms with Gasteiger partial charge in [-0.25, -0.2) is 0 Å². The molecule has 0 saturated carbocycles. The maximum atomic E-state index is 11.7. The van der Waals surface area contributed by atoms with Crippen LogP contribution in [0, 0.1) is 6.92 Å². The van der Waals surface area contributed by atoms with Crippen molar-refractivity contribution in [1.82, 2.24) is 5.16 Å². The summed E-state index contributed by atoms with van der Waals surface area (Å²) in [5.41, 5.74) is 0. The van der Waals surface area contributed by atoms with Gasteiger partial charge in [0.1, 0.15) is 12.4 Å². The van der Waals surface area contributed by atoms with E-state index < -0.39 is 5.97 Å². The summed E-state index contributed by atoms with van der Waals surface area (Å²) in [6, 6.07) is 1.56. The van der Waals surface area contributed by atoms with Crippen molar-refractivity contribution < 1.29 is 24.0 Å². The average molecular weight is 242 g/mol. The first-order chi connectivity index (χ1) is 8.04. The van der Waals surface area contributed by atoms with E-state index in [4.69, 9.17) is 14.4 Å². The highest BCUT2D eigenvalue weighted by atomic mass is 16.5. The van der Waals surface area contributed by atoms with Crippen LogP contribution in [-0.4, -0.2) is 42.4 Å². The van der Waals surface area contributed by atoms with Crippen LogP contribution in [0.1, 0.15) is 12.2 Å². The van der Waals surface area contributed by atoms with E-state index in [1.165, 1.54) is 12.0 Å². The van der Waals surface area contributed by atoms with E-state index in [0.29, 0.717) is 11.6 Å². The first-order valence-electron chi connectivity index (χ1n) is 4.99. The third-order valence-electron chi connectivity index (χ3n) is 2.01. The van der Waals surface area contributed by atoms with Gasteiger partial charge in [0.15, 0.2) is 5.82 Å². The van der Waals surface area contributed by atoms with Crippen molar-refractivity contribution in [2.75, 3.05) is 25.2 Å². The quantitative estimate of drug-likeness (QED) is 0.777. The van der Waals surface area contributed by atoms with E-state index in [9.17, 15) is 9.59 Å². The fraction of sp³-hybridized carbons (Fsp3) is 0.500. The Balaban J connectivity index is 2.78. The monoisotopic (exact) mass is 242 g/mol. The highest BCUT2D eigenvalue weighted by Gasteiger charge is 2.19. The van der Waals surface area contributed by atoms with E-state index in [-0.39, 0.29) is 25.5 Å². The predicted molar refractivity (Wildman–Crippen MR) is 57.7 cm³/mol. The molecule has 0 spiro atoms. The number of amides is 1. The summed E-state index contributed by atoms with van der Waals surface area (Å²) in [6.07, 6.45) is -0.165. The van der Waals surface area contributed by atoms with Gasteiger partial charge < -0.3 is 14.4 Å². The van der Waals surface area contributed by atoms with Crippen LogP contribution in [0.15, 0.2) is 10.6 Å². The van der Waals surface area contributed by atoms with Crippen molar-refractivity contribution in [2.45, 2.75) is 13.3 Å². The van der Waals surface area contributed by atoms with Crippen LogP contribution in [0.4, 0.5) is 5.82 Å². The summed E-state index contributed by atoms with van der Waals surface area (Å²) >= 11 is 0. The van der Waals surface area contributed by atoms with Crippen LogP contribution >= 0.6 is 0 Å². The molecule has 1 N–H and O–H groups in total. The topological polar surface area (TPSA) is 92.9 Å². The molecule has 0 atom stereocenters. The molecular formula is C10H14N2O5. The third kappa shape index (κ3) is 3.87. The van der Waals surface area contributed by atoms with Gasteiger partial charge in [-0.1, -0.05) is 5.16 Å². The number of rotatable bonds is 6. The minimum Gasteiger partial charge on any atom is -0.481 e. The van der Waals surface area contributed by atoms with Gasteiger partial charge in [0.05, 0.1) is 6.42 Å². The number of aryl methyl sites for hydroxylation is 1. The van der Waals surface area contributed by atoms with Gasteiger partial charge in [0, 0.05) is 19.7 Å². The molecule has 0 saturated heterocycles. The maximum absolute atomic E-state index is 11.7. The van der Waals surface area contributed by atoms with Crippen LogP contribution in [0.25, 0.3) is 0 Å². The number of aliphatic carboxylic acids is 1. The molecule has 0 fully saturated rings. The van der Waals surface area contributed by atoms with Gasteiger partial charge in [-0.3, -0.25) is 14.5 Å². The second-order valence-electron chi connectivity index (χ2n) is 3.42. The number of carboxylic acids is 1. The van der Waals surface area contributed by atoms with Gasteiger partial charge in [-0.05, 0) is 6.92 Å². The molecule has 1 amide bonds. The molecule has 0 aromatic carbocycles. The van der Waals surface area contributed by atoms with Crippen molar-refractivity contribution in [3.05, 3.63) is 11.8 Å². The molecule has 0 unspecified atom stereocenters. The Morgan fingerprint density at radius 2 is 2.29 bits per heavy atom. The molecule has 0 aliphatic carbocycles. The first-order valence-corrected chi connectivity index (χ1v) is 4.99. The SMILES string of the molecule is COCC(=O)N(CCC(=O)O)c1cc(C)on1. The average Bonchev–Trinajstić information content (AvgIpc) is 2.65. The maximum Gasteiger partial charge on any atom is 0.305 e. The van der Waals surface area contributed by atoms with Crippen molar-refractivity contribution in [2.24, 2.45) is 0 Å². The summed E-state index contributed by atoms with van der Waals surface area (Å²) in [7, 11) is 1.39. The lowest BCUT2D eigenvalue weighted by Gasteiger charge is -2.17. The van der Waals surface area contributed by atoms with Crippen LogP contribution in [0.3, 0.4) is 0 Å². The number of methoxy groups -OCH3 is 1. The van der Waals surface area contributed by atoms with Crippen molar-refractivity contribution in [3.8, 4) is 0 Å². The molecule has 0 aliphatic rings. The van der Waals surface area contributed by atoms with Gasteiger partial charge in [-0.2, -0.15) is 0 Å². The summed E-state index contributed by atoms with van der Waals surface area (Å²) in [6.45, 7) is 1.59. The fourth-order valence-corrected chi connectivity index (χ4v) is 1.26. The Hall–Kier alpha value is -1.89. The van der Waals surface area contributed by atoms with Crippen LogP contribution in [0.2, 0.25) is 0 Å². The van der Waals surface area contributed by atoms with Crippen molar-refractivity contribution in [1.29, 1.82) is 0 Å². The van der Waals surface area contributed by atoms with E-state index in [2.05, 4.69) is 5.16 Å². The molecular weight excluding hydrogens is 228 g/mol. The molecule has 1 aromatic heterocycles. The molecule has 7 heteroatoms. The highest BCUT2D eigenvalue weighted by Crippen LogP contribution is 2.14. The van der Waals surface area contributed by atoms with Crippen LogP contribution in [0.5, 0.6) is 0 Å². The number of carboxylic acid groups (broad SMARTS) is 1. The lowest BCUT2D eigenvalue weighted by Crippen LogP contribution is -2.35. The Kier molecular flexibility index (Phi) is 4.65. The molecule has 1 heterocycles. The van der Waals surface area contributed by atoms with Gasteiger partial charge in [0.25, 0.3) is 5.91 Å². The minimum absolute atomic E-state index is 0.0312. The van der Waals surface area contributed by atoms with E-state index in [1.54, 1.807) is 13.0 Å². The van der Waals surface area contributed by atoms with Crippen LogP contribution < -0.4 is 4.90 Å². The van der Waals surface area contributed by atoms with Crippen molar-refractivity contribution >= 4 is 17.7 Å². The fourth-order valence-electron chi connectivity index (χ4n) is 1.26. The number of hydrogen-bond acceptors (Lipinski definition) is 5. The zero-order valence-corrected chi connectivity index (χ0v) is 9.67. The summed E-state index contributed by atoms with van der Waals surface area (Å²) < 4.78 is 9.57. The zero-order chi connectivity index (χ0) is 12.8. The molecule has 0 aliphatic heterocycles. The number of ether oxygens (including phenoxy) is 1. The Bertz CT molecular complexity index is 401. The normalized spacial score (nSPS) is 10.2. The Morgan fingerprint density at radius 3 is 2.76 bits per heavy atom. The van der Waals surface area contributed by atoms with E-state index >= 15 is 0 Å². The number of hydrogen-bond donors (Lipinski definition) is 1. The smallest absolute Gasteiger partial charge is 0.305 e. The first kappa shape index (κ1) is 13.2. The lowest BCUT2D eigenvalue weighted by atomic mass is 10.3. The second-order valence-corrected chi connectivity index (χ2v) is 3.42. The zero-order valence-electron chi connectivity index (χ0n) is 9.67. The van der Waals surface area contributed by atoms with Gasteiger partial charge >= 0.3 is 5.97 Å². The summed E-state index contributed by atoms with van der Waals surface area (Å²) in [5.74, 6) is -0.501. The molecule has 0 radical (unpaired) electrons. The number of anilines is 1. The van der Waals surface area contributed by atoms with Crippen molar-refractivity contribution in [3.63, 3.8) is 0 Å². The molecule has 17 heavy (non-hydrogen) atoms. The number of carbonyl (C=O) groups excluding carboxylic acids is 1. The second kappa shape index (κ2) is 6.00. The van der Waals surface area contributed by atoms with Gasteiger partial charge in [-0.15, -0.1) is 0 Å². The molecule has 0 bridgehead atoms. The Morgan fingerprint density at radius 1 is 1.59 bits per heavy atom. The largest absolute Gasteiger partial charge is 0.481 e. The van der Waals surface area contributed by atoms with E-state index in [1.807, 2.05) is 0 Å². The molecule has 94 valence electrons. The summed E-state index contributed by atoms with van der Waals surface area (Å²) in [5, 5.41) is 12.3. The third-order valence-corrected chi connectivity index (χ3v) is 2.01. The molecule has 7 nitrogen and oxygen atoms in total.